The average Bonchev–Trinajstić information content (AvgIpc) is 2.49. The Hall–Kier alpha value is -1.64. The molecular formula is C18H14S2. The molecule has 0 aromatic heterocycles. The van der Waals surface area contributed by atoms with Gasteiger partial charge in [0.2, 0.25) is 0 Å². The normalized spacial score (nSPS) is 10.5. The molecule has 0 aliphatic carbocycles. The molecule has 0 fully saturated rings. The van der Waals surface area contributed by atoms with Crippen LogP contribution < -0.4 is 0 Å². The largest absolute Gasteiger partial charge is 0.143 e. The molecule has 0 bridgehead atoms. The van der Waals surface area contributed by atoms with Crippen LogP contribution in [0, 0.1) is 0 Å². The summed E-state index contributed by atoms with van der Waals surface area (Å²) in [6.45, 7) is 0. The van der Waals surface area contributed by atoms with Crippen molar-refractivity contribution in [2.75, 3.05) is 0 Å². The minimum absolute atomic E-state index is 0.967. The van der Waals surface area contributed by atoms with Gasteiger partial charge in [-0.3, -0.25) is 0 Å². The first-order valence-corrected chi connectivity index (χ1v) is 7.31. The zero-order chi connectivity index (χ0) is 13.9. The lowest BCUT2D eigenvalue weighted by Gasteiger charge is -2.11. The molecule has 0 saturated heterocycles. The Morgan fingerprint density at radius 2 is 1.10 bits per heavy atom. The highest BCUT2D eigenvalue weighted by Crippen LogP contribution is 2.34. The zero-order valence-corrected chi connectivity index (χ0v) is 12.6. The Kier molecular flexibility index (Phi) is 3.86. The fourth-order valence-corrected chi connectivity index (χ4v) is 2.63. The van der Waals surface area contributed by atoms with Crippen LogP contribution in [0.1, 0.15) is 0 Å². The molecule has 0 aliphatic rings. The first-order chi connectivity index (χ1) is 9.74. The smallest absolute Gasteiger partial charge is 0.00465 e. The van der Waals surface area contributed by atoms with E-state index in [2.05, 4.69) is 73.8 Å². The van der Waals surface area contributed by atoms with Crippen LogP contribution in [0.5, 0.6) is 0 Å². The number of benzene rings is 3. The molecule has 0 unspecified atom stereocenters. The van der Waals surface area contributed by atoms with E-state index in [4.69, 9.17) is 0 Å². The first kappa shape index (κ1) is 13.3. The van der Waals surface area contributed by atoms with Gasteiger partial charge in [0.05, 0.1) is 0 Å². The summed E-state index contributed by atoms with van der Waals surface area (Å²) in [5.74, 6) is 0. The number of hydrogen-bond donors (Lipinski definition) is 2. The molecule has 98 valence electrons. The van der Waals surface area contributed by atoms with Gasteiger partial charge in [-0.25, -0.2) is 0 Å². The molecule has 20 heavy (non-hydrogen) atoms. The van der Waals surface area contributed by atoms with Crippen molar-refractivity contribution in [3.63, 3.8) is 0 Å². The maximum Gasteiger partial charge on any atom is 0.00465 e. The van der Waals surface area contributed by atoms with Crippen molar-refractivity contribution < 1.29 is 0 Å². The summed E-state index contributed by atoms with van der Waals surface area (Å²) in [7, 11) is 0. The molecule has 0 spiro atoms. The molecule has 3 aromatic carbocycles. The van der Waals surface area contributed by atoms with E-state index in [1.807, 2.05) is 24.3 Å². The summed E-state index contributed by atoms with van der Waals surface area (Å²) in [6, 6.07) is 24.9. The molecule has 0 heterocycles. The third-order valence-corrected chi connectivity index (χ3v) is 3.84. The number of rotatable bonds is 2. The second kappa shape index (κ2) is 5.78. The Morgan fingerprint density at radius 1 is 0.500 bits per heavy atom. The molecule has 0 N–H and O–H groups in total. The highest BCUT2D eigenvalue weighted by Gasteiger charge is 2.07. The van der Waals surface area contributed by atoms with Crippen LogP contribution in [-0.2, 0) is 0 Å². The van der Waals surface area contributed by atoms with Crippen molar-refractivity contribution in [3.8, 4) is 22.3 Å². The first-order valence-electron chi connectivity index (χ1n) is 6.42. The SMILES string of the molecule is Sc1ccc(-c2cc(S)ccc2-c2ccccc2)cc1. The van der Waals surface area contributed by atoms with Crippen LogP contribution in [0.4, 0.5) is 0 Å². The number of thiol groups is 2. The van der Waals surface area contributed by atoms with E-state index < -0.39 is 0 Å². The summed E-state index contributed by atoms with van der Waals surface area (Å²) in [5.41, 5.74) is 4.80. The summed E-state index contributed by atoms with van der Waals surface area (Å²) >= 11 is 8.81. The van der Waals surface area contributed by atoms with E-state index in [1.165, 1.54) is 22.3 Å². The molecule has 0 atom stereocenters. The van der Waals surface area contributed by atoms with E-state index >= 15 is 0 Å². The Labute approximate surface area is 130 Å². The van der Waals surface area contributed by atoms with Crippen LogP contribution in [0.3, 0.4) is 0 Å². The molecular weight excluding hydrogens is 280 g/mol. The maximum atomic E-state index is 4.47. The van der Waals surface area contributed by atoms with Gasteiger partial charge >= 0.3 is 0 Å². The van der Waals surface area contributed by atoms with Crippen LogP contribution >= 0.6 is 25.3 Å². The second-order valence-electron chi connectivity index (χ2n) is 4.64. The molecule has 3 aromatic rings. The third-order valence-electron chi connectivity index (χ3n) is 3.27. The lowest BCUT2D eigenvalue weighted by Crippen LogP contribution is -1.85. The summed E-state index contributed by atoms with van der Waals surface area (Å²) in [6.07, 6.45) is 0. The highest BCUT2D eigenvalue weighted by atomic mass is 32.1. The molecule has 0 saturated carbocycles. The van der Waals surface area contributed by atoms with Crippen LogP contribution in [0.15, 0.2) is 82.6 Å². The van der Waals surface area contributed by atoms with E-state index in [0.717, 1.165) is 9.79 Å². The molecule has 0 radical (unpaired) electrons. The van der Waals surface area contributed by atoms with Crippen LogP contribution in [0.25, 0.3) is 22.3 Å². The van der Waals surface area contributed by atoms with Crippen molar-refractivity contribution in [2.24, 2.45) is 0 Å². The lowest BCUT2D eigenvalue weighted by molar-refractivity contribution is 1.43. The fraction of sp³-hybridized carbons (Fsp3) is 0. The predicted molar refractivity (Wildman–Crippen MR) is 91.8 cm³/mol. The van der Waals surface area contributed by atoms with Crippen LogP contribution in [0.2, 0.25) is 0 Å². The third kappa shape index (κ3) is 2.77. The van der Waals surface area contributed by atoms with Crippen molar-refractivity contribution in [1.82, 2.24) is 0 Å². The minimum Gasteiger partial charge on any atom is -0.143 e. The Morgan fingerprint density at radius 3 is 1.80 bits per heavy atom. The average molecular weight is 294 g/mol. The maximum absolute atomic E-state index is 4.47. The topological polar surface area (TPSA) is 0 Å². The van der Waals surface area contributed by atoms with Crippen LogP contribution in [-0.4, -0.2) is 0 Å². The summed E-state index contributed by atoms with van der Waals surface area (Å²) in [4.78, 5) is 1.94. The van der Waals surface area contributed by atoms with Gasteiger partial charge in [-0.15, -0.1) is 25.3 Å². The van der Waals surface area contributed by atoms with Gasteiger partial charge in [0, 0.05) is 9.79 Å². The fourth-order valence-electron chi connectivity index (χ4n) is 2.28. The van der Waals surface area contributed by atoms with Gasteiger partial charge in [0.1, 0.15) is 0 Å². The molecule has 0 aliphatic heterocycles. The van der Waals surface area contributed by atoms with Crippen molar-refractivity contribution in [3.05, 3.63) is 72.8 Å². The van der Waals surface area contributed by atoms with Gasteiger partial charge in [-0.1, -0.05) is 48.5 Å². The zero-order valence-electron chi connectivity index (χ0n) is 10.8. The van der Waals surface area contributed by atoms with E-state index in [-0.39, 0.29) is 0 Å². The van der Waals surface area contributed by atoms with Gasteiger partial charge < -0.3 is 0 Å². The van der Waals surface area contributed by atoms with E-state index in [9.17, 15) is 0 Å². The summed E-state index contributed by atoms with van der Waals surface area (Å²) in [5, 5.41) is 0. The Bertz CT molecular complexity index is 716. The monoisotopic (exact) mass is 294 g/mol. The Balaban J connectivity index is 2.19. The lowest BCUT2D eigenvalue weighted by atomic mass is 9.95. The van der Waals surface area contributed by atoms with Gasteiger partial charge in [0.15, 0.2) is 0 Å². The minimum atomic E-state index is 0.967. The highest BCUT2D eigenvalue weighted by molar-refractivity contribution is 7.80. The van der Waals surface area contributed by atoms with Gasteiger partial charge in [-0.2, -0.15) is 0 Å². The van der Waals surface area contributed by atoms with Gasteiger partial charge in [-0.05, 0) is 46.5 Å². The van der Waals surface area contributed by atoms with Crippen molar-refractivity contribution >= 4 is 25.3 Å². The second-order valence-corrected chi connectivity index (χ2v) is 5.68. The number of hydrogen-bond acceptors (Lipinski definition) is 2. The molecule has 0 amide bonds. The predicted octanol–water partition coefficient (Wildman–Crippen LogP) is 5.60. The van der Waals surface area contributed by atoms with E-state index in [1.54, 1.807) is 0 Å². The van der Waals surface area contributed by atoms with Gasteiger partial charge in [0.25, 0.3) is 0 Å². The quantitative estimate of drug-likeness (QED) is 0.565. The molecule has 3 rings (SSSR count). The molecule has 0 nitrogen and oxygen atoms in total. The molecule has 2 heteroatoms. The van der Waals surface area contributed by atoms with Crippen molar-refractivity contribution in [1.29, 1.82) is 0 Å². The standard InChI is InChI=1S/C18H14S2/c19-15-8-6-14(7-9-15)18-12-16(20)10-11-17(18)13-4-2-1-3-5-13/h1-12,19-20H. The van der Waals surface area contributed by atoms with E-state index in [0.29, 0.717) is 0 Å². The summed E-state index contributed by atoms with van der Waals surface area (Å²) < 4.78 is 0. The van der Waals surface area contributed by atoms with Crippen molar-refractivity contribution in [2.45, 2.75) is 9.79 Å².